The zero-order valence-corrected chi connectivity index (χ0v) is 15.1. The van der Waals surface area contributed by atoms with Gasteiger partial charge in [-0.25, -0.2) is 0 Å². The molecule has 0 aromatic heterocycles. The molecule has 1 aliphatic heterocycles. The fourth-order valence-corrected chi connectivity index (χ4v) is 2.96. The molecule has 0 fully saturated rings. The van der Waals surface area contributed by atoms with Gasteiger partial charge in [-0.3, -0.25) is 0 Å². The van der Waals surface area contributed by atoms with E-state index < -0.39 is 6.10 Å². The molecule has 136 valence electrons. The Kier molecular flexibility index (Phi) is 5.05. The van der Waals surface area contributed by atoms with E-state index in [1.807, 2.05) is 30.3 Å². The lowest BCUT2D eigenvalue weighted by atomic mass is 9.99. The number of rotatable bonds is 4. The van der Waals surface area contributed by atoms with Crippen LogP contribution in [-0.4, -0.2) is 18.3 Å². The highest BCUT2D eigenvalue weighted by atomic mass is 35.5. The lowest BCUT2D eigenvalue weighted by Crippen LogP contribution is -2.15. The number of benzene rings is 3. The third-order valence-electron chi connectivity index (χ3n) is 4.20. The van der Waals surface area contributed by atoms with Gasteiger partial charge in [0.1, 0.15) is 19.3 Å². The first-order valence-electron chi connectivity index (χ1n) is 8.54. The summed E-state index contributed by atoms with van der Waals surface area (Å²) in [5.41, 5.74) is 2.53. The molecule has 1 aliphatic rings. The number of halogens is 1. The number of hydrogen-bond donors (Lipinski definition) is 1. The number of azo groups is 1. The second kappa shape index (κ2) is 7.78. The second-order valence-corrected chi connectivity index (χ2v) is 6.48. The van der Waals surface area contributed by atoms with Gasteiger partial charge in [-0.1, -0.05) is 41.9 Å². The first-order valence-corrected chi connectivity index (χ1v) is 8.92. The van der Waals surface area contributed by atoms with Gasteiger partial charge in [-0.15, -0.1) is 0 Å². The van der Waals surface area contributed by atoms with Gasteiger partial charge in [0.05, 0.1) is 11.4 Å². The molecule has 3 aromatic rings. The first kappa shape index (κ1) is 17.5. The highest BCUT2D eigenvalue weighted by Crippen LogP contribution is 2.41. The van der Waals surface area contributed by atoms with E-state index in [0.29, 0.717) is 46.5 Å². The smallest absolute Gasteiger partial charge is 0.163 e. The predicted molar refractivity (Wildman–Crippen MR) is 104 cm³/mol. The summed E-state index contributed by atoms with van der Waals surface area (Å²) in [6.07, 6.45) is -0.900. The average molecular weight is 381 g/mol. The van der Waals surface area contributed by atoms with Crippen molar-refractivity contribution in [3.8, 4) is 11.5 Å². The van der Waals surface area contributed by atoms with E-state index in [1.54, 1.807) is 36.4 Å². The Morgan fingerprint density at radius 2 is 1.52 bits per heavy atom. The van der Waals surface area contributed by atoms with Gasteiger partial charge in [0.25, 0.3) is 0 Å². The Bertz CT molecular complexity index is 959. The maximum Gasteiger partial charge on any atom is 0.163 e. The molecule has 0 bridgehead atoms. The summed E-state index contributed by atoms with van der Waals surface area (Å²) in [7, 11) is 0. The fourth-order valence-electron chi connectivity index (χ4n) is 2.83. The lowest BCUT2D eigenvalue weighted by Gasteiger charge is -2.21. The van der Waals surface area contributed by atoms with Crippen molar-refractivity contribution in [2.75, 3.05) is 13.2 Å². The number of ether oxygens (including phenoxy) is 2. The minimum absolute atomic E-state index is 0.467. The van der Waals surface area contributed by atoms with Crippen LogP contribution in [0.3, 0.4) is 0 Å². The number of aliphatic hydroxyl groups is 1. The summed E-state index contributed by atoms with van der Waals surface area (Å²) in [5, 5.41) is 20.2. The summed E-state index contributed by atoms with van der Waals surface area (Å²) in [6.45, 7) is 0.940. The van der Waals surface area contributed by atoms with Crippen molar-refractivity contribution in [2.45, 2.75) is 6.10 Å². The maximum absolute atomic E-state index is 10.9. The quantitative estimate of drug-likeness (QED) is 0.598. The Morgan fingerprint density at radius 1 is 0.852 bits per heavy atom. The van der Waals surface area contributed by atoms with E-state index in [2.05, 4.69) is 10.2 Å². The molecule has 0 radical (unpaired) electrons. The topological polar surface area (TPSA) is 63.4 Å². The van der Waals surface area contributed by atoms with E-state index in [-0.39, 0.29) is 0 Å². The maximum atomic E-state index is 10.9. The highest BCUT2D eigenvalue weighted by molar-refractivity contribution is 6.30. The molecule has 1 N–H and O–H groups in total. The molecule has 0 amide bonds. The summed E-state index contributed by atoms with van der Waals surface area (Å²) in [4.78, 5) is 0. The molecule has 0 unspecified atom stereocenters. The van der Waals surface area contributed by atoms with Crippen LogP contribution in [0.25, 0.3) is 0 Å². The van der Waals surface area contributed by atoms with E-state index in [4.69, 9.17) is 21.1 Å². The zero-order valence-electron chi connectivity index (χ0n) is 14.4. The van der Waals surface area contributed by atoms with Crippen LogP contribution in [0.4, 0.5) is 11.4 Å². The summed E-state index contributed by atoms with van der Waals surface area (Å²) in [6, 6.07) is 20.0. The minimum Gasteiger partial charge on any atom is -0.486 e. The molecule has 0 spiro atoms. The van der Waals surface area contributed by atoms with Crippen molar-refractivity contribution in [1.82, 2.24) is 0 Å². The van der Waals surface area contributed by atoms with Gasteiger partial charge in [-0.2, -0.15) is 10.2 Å². The second-order valence-electron chi connectivity index (χ2n) is 6.04. The molecule has 27 heavy (non-hydrogen) atoms. The number of aliphatic hydroxyl groups excluding tert-OH is 1. The van der Waals surface area contributed by atoms with Gasteiger partial charge >= 0.3 is 0 Å². The molecule has 0 aliphatic carbocycles. The number of fused-ring (bicyclic) bond motifs is 1. The van der Waals surface area contributed by atoms with Gasteiger partial charge in [0, 0.05) is 16.7 Å². The normalized spacial score (nSPS) is 14.3. The molecule has 5 nitrogen and oxygen atoms in total. The van der Waals surface area contributed by atoms with Crippen molar-refractivity contribution in [3.05, 3.63) is 82.9 Å². The molecular weight excluding hydrogens is 364 g/mol. The molecule has 0 saturated carbocycles. The molecular formula is C21H17ClN2O3. The third-order valence-corrected chi connectivity index (χ3v) is 4.45. The molecule has 3 aromatic carbocycles. The van der Waals surface area contributed by atoms with Gasteiger partial charge in [0.2, 0.25) is 0 Å². The Hall–Kier alpha value is -2.89. The number of nitrogens with zero attached hydrogens (tertiary/aromatic N) is 2. The van der Waals surface area contributed by atoms with Crippen LogP contribution in [0, 0.1) is 0 Å². The van der Waals surface area contributed by atoms with Crippen LogP contribution in [0.5, 0.6) is 11.5 Å². The van der Waals surface area contributed by atoms with Crippen LogP contribution < -0.4 is 9.47 Å². The molecule has 1 heterocycles. The van der Waals surface area contributed by atoms with Gasteiger partial charge in [-0.05, 0) is 35.9 Å². The Labute approximate surface area is 161 Å². The summed E-state index contributed by atoms with van der Waals surface area (Å²) >= 11 is 5.95. The van der Waals surface area contributed by atoms with Crippen molar-refractivity contribution < 1.29 is 14.6 Å². The van der Waals surface area contributed by atoms with E-state index in [0.717, 1.165) is 5.69 Å². The van der Waals surface area contributed by atoms with Crippen LogP contribution in [0.1, 0.15) is 17.2 Å². The summed E-state index contributed by atoms with van der Waals surface area (Å²) < 4.78 is 11.3. The number of hydrogen-bond acceptors (Lipinski definition) is 5. The highest BCUT2D eigenvalue weighted by Gasteiger charge is 2.21. The van der Waals surface area contributed by atoms with E-state index >= 15 is 0 Å². The SMILES string of the molecule is O[C@H](c1ccc(Cl)cc1)c1cc2c(cc1N=Nc1ccccc1)OCCO2. The summed E-state index contributed by atoms with van der Waals surface area (Å²) in [5.74, 6) is 1.18. The van der Waals surface area contributed by atoms with Crippen molar-refractivity contribution in [1.29, 1.82) is 0 Å². The standard InChI is InChI=1S/C21H17ClN2O3/c22-15-8-6-14(7-9-15)21(25)17-12-19-20(27-11-10-26-19)13-18(17)24-23-16-4-2-1-3-5-16/h1-9,12-13,21,25H,10-11H2/t21-/m1/s1. The Balaban J connectivity index is 1.76. The molecule has 1 atom stereocenters. The van der Waals surface area contributed by atoms with E-state index in [9.17, 15) is 5.11 Å². The van der Waals surface area contributed by atoms with Crippen LogP contribution in [0.15, 0.2) is 77.0 Å². The zero-order chi connectivity index (χ0) is 18.6. The molecule has 0 saturated heterocycles. The first-order chi connectivity index (χ1) is 13.2. The largest absolute Gasteiger partial charge is 0.486 e. The predicted octanol–water partition coefficient (Wildman–Crippen LogP) is 5.61. The molecule has 6 heteroatoms. The van der Waals surface area contributed by atoms with Crippen LogP contribution in [-0.2, 0) is 0 Å². The third kappa shape index (κ3) is 3.94. The van der Waals surface area contributed by atoms with Crippen molar-refractivity contribution in [2.24, 2.45) is 10.2 Å². The monoisotopic (exact) mass is 380 g/mol. The van der Waals surface area contributed by atoms with Crippen LogP contribution in [0.2, 0.25) is 5.02 Å². The van der Waals surface area contributed by atoms with Gasteiger partial charge < -0.3 is 14.6 Å². The average Bonchev–Trinajstić information content (AvgIpc) is 2.72. The fraction of sp³-hybridized carbons (Fsp3) is 0.143. The lowest BCUT2D eigenvalue weighted by molar-refractivity contribution is 0.170. The molecule has 4 rings (SSSR count). The minimum atomic E-state index is -0.900. The van der Waals surface area contributed by atoms with Crippen molar-refractivity contribution in [3.63, 3.8) is 0 Å². The van der Waals surface area contributed by atoms with E-state index in [1.165, 1.54) is 0 Å². The van der Waals surface area contributed by atoms with Crippen molar-refractivity contribution >= 4 is 23.0 Å². The van der Waals surface area contributed by atoms with Gasteiger partial charge in [0.15, 0.2) is 11.5 Å². The Morgan fingerprint density at radius 3 is 2.22 bits per heavy atom. The van der Waals surface area contributed by atoms with Crippen LogP contribution >= 0.6 is 11.6 Å².